The van der Waals surface area contributed by atoms with Crippen molar-refractivity contribution in [2.75, 3.05) is 7.11 Å². The first-order valence-electron chi connectivity index (χ1n) is 5.78. The van der Waals surface area contributed by atoms with E-state index in [1.54, 1.807) is 25.3 Å². The zero-order valence-electron chi connectivity index (χ0n) is 10.9. The van der Waals surface area contributed by atoms with Gasteiger partial charge in [-0.1, -0.05) is 6.92 Å². The molecular weight excluding hydrogens is 216 g/mol. The molecular formula is C14H20O3. The molecule has 0 radical (unpaired) electrons. The van der Waals surface area contributed by atoms with Gasteiger partial charge in [0, 0.05) is 11.1 Å². The molecule has 0 saturated carbocycles. The van der Waals surface area contributed by atoms with E-state index < -0.39 is 0 Å². The fraction of sp³-hybridized carbons (Fsp3) is 0.500. The molecule has 0 aliphatic carbocycles. The quantitative estimate of drug-likeness (QED) is 0.711. The number of hydrogen-bond acceptors (Lipinski definition) is 3. The zero-order valence-corrected chi connectivity index (χ0v) is 10.9. The first-order chi connectivity index (χ1) is 8.02. The van der Waals surface area contributed by atoms with Crippen molar-refractivity contribution >= 4 is 6.29 Å². The Morgan fingerprint density at radius 1 is 1.35 bits per heavy atom. The largest absolute Gasteiger partial charge is 0.496 e. The van der Waals surface area contributed by atoms with Crippen LogP contribution in [0.4, 0.5) is 0 Å². The summed E-state index contributed by atoms with van der Waals surface area (Å²) in [5, 5.41) is 0. The molecule has 1 rings (SSSR count). The SMILES string of the molecule is CCC(C)(C)OCc1cc(C=O)ccc1OC. The van der Waals surface area contributed by atoms with Crippen molar-refractivity contribution in [3.8, 4) is 5.75 Å². The van der Waals surface area contributed by atoms with Crippen molar-refractivity contribution < 1.29 is 14.3 Å². The van der Waals surface area contributed by atoms with Crippen LogP contribution in [-0.4, -0.2) is 19.0 Å². The summed E-state index contributed by atoms with van der Waals surface area (Å²) in [6.45, 7) is 6.62. The van der Waals surface area contributed by atoms with Crippen LogP contribution in [0.25, 0.3) is 0 Å². The lowest BCUT2D eigenvalue weighted by Crippen LogP contribution is -2.22. The van der Waals surface area contributed by atoms with E-state index in [9.17, 15) is 4.79 Å². The van der Waals surface area contributed by atoms with Gasteiger partial charge in [-0.05, 0) is 38.5 Å². The number of aldehydes is 1. The maximum atomic E-state index is 10.7. The maximum Gasteiger partial charge on any atom is 0.150 e. The van der Waals surface area contributed by atoms with Gasteiger partial charge in [0.25, 0.3) is 0 Å². The first-order valence-corrected chi connectivity index (χ1v) is 5.78. The molecule has 0 N–H and O–H groups in total. The van der Waals surface area contributed by atoms with Gasteiger partial charge in [-0.2, -0.15) is 0 Å². The highest BCUT2D eigenvalue weighted by Gasteiger charge is 2.16. The monoisotopic (exact) mass is 236 g/mol. The van der Waals surface area contributed by atoms with E-state index in [1.165, 1.54) is 0 Å². The number of ether oxygens (including phenoxy) is 2. The number of benzene rings is 1. The Bertz CT molecular complexity index is 383. The van der Waals surface area contributed by atoms with Gasteiger partial charge in [-0.3, -0.25) is 4.79 Å². The Morgan fingerprint density at radius 2 is 2.06 bits per heavy atom. The van der Waals surface area contributed by atoms with Crippen molar-refractivity contribution in [3.05, 3.63) is 29.3 Å². The maximum absolute atomic E-state index is 10.7. The van der Waals surface area contributed by atoms with Crippen LogP contribution in [0.5, 0.6) is 5.75 Å². The average molecular weight is 236 g/mol. The Balaban J connectivity index is 2.84. The molecule has 0 aliphatic heterocycles. The Hall–Kier alpha value is -1.35. The molecule has 0 spiro atoms. The summed E-state index contributed by atoms with van der Waals surface area (Å²) in [5.41, 5.74) is 1.37. The van der Waals surface area contributed by atoms with Crippen LogP contribution in [0.1, 0.15) is 43.1 Å². The van der Waals surface area contributed by atoms with Crippen LogP contribution >= 0.6 is 0 Å². The molecule has 3 nitrogen and oxygen atoms in total. The molecule has 17 heavy (non-hydrogen) atoms. The minimum absolute atomic E-state index is 0.164. The van der Waals surface area contributed by atoms with E-state index >= 15 is 0 Å². The third-order valence-electron chi connectivity index (χ3n) is 2.91. The van der Waals surface area contributed by atoms with Crippen LogP contribution in [0.3, 0.4) is 0 Å². The minimum atomic E-state index is -0.164. The summed E-state index contributed by atoms with van der Waals surface area (Å²) in [6.07, 6.45) is 1.76. The fourth-order valence-electron chi connectivity index (χ4n) is 1.36. The van der Waals surface area contributed by atoms with Gasteiger partial charge < -0.3 is 9.47 Å². The molecule has 1 aromatic rings. The summed E-state index contributed by atoms with van der Waals surface area (Å²) in [4.78, 5) is 10.7. The predicted octanol–water partition coefficient (Wildman–Crippen LogP) is 3.21. The van der Waals surface area contributed by atoms with Crippen LogP contribution in [-0.2, 0) is 11.3 Å². The van der Waals surface area contributed by atoms with Gasteiger partial charge in [0.15, 0.2) is 0 Å². The van der Waals surface area contributed by atoms with Crippen LogP contribution < -0.4 is 4.74 Å². The number of carbonyl (C=O) groups is 1. The lowest BCUT2D eigenvalue weighted by atomic mass is 10.1. The lowest BCUT2D eigenvalue weighted by molar-refractivity contribution is -0.0322. The number of carbonyl (C=O) groups excluding carboxylic acids is 1. The van der Waals surface area contributed by atoms with Crippen LogP contribution in [0.15, 0.2) is 18.2 Å². The standard InChI is InChI=1S/C14H20O3/c1-5-14(2,3)17-10-12-8-11(9-15)6-7-13(12)16-4/h6-9H,5,10H2,1-4H3. The van der Waals surface area contributed by atoms with Crippen molar-refractivity contribution in [1.82, 2.24) is 0 Å². The predicted molar refractivity (Wildman–Crippen MR) is 67.5 cm³/mol. The second kappa shape index (κ2) is 5.82. The molecule has 0 bridgehead atoms. The molecule has 3 heteroatoms. The summed E-state index contributed by atoms with van der Waals surface area (Å²) in [7, 11) is 1.62. The summed E-state index contributed by atoms with van der Waals surface area (Å²) in [6, 6.07) is 5.33. The van der Waals surface area contributed by atoms with E-state index in [4.69, 9.17) is 9.47 Å². The van der Waals surface area contributed by atoms with Gasteiger partial charge in [0.1, 0.15) is 12.0 Å². The number of methoxy groups -OCH3 is 1. The third-order valence-corrected chi connectivity index (χ3v) is 2.91. The molecule has 0 aromatic heterocycles. The van der Waals surface area contributed by atoms with Crippen molar-refractivity contribution in [1.29, 1.82) is 0 Å². The lowest BCUT2D eigenvalue weighted by Gasteiger charge is -2.24. The van der Waals surface area contributed by atoms with Gasteiger partial charge in [0.05, 0.1) is 19.3 Å². The molecule has 94 valence electrons. The molecule has 0 fully saturated rings. The summed E-state index contributed by atoms with van der Waals surface area (Å²) >= 11 is 0. The molecule has 1 aromatic carbocycles. The molecule has 0 saturated heterocycles. The van der Waals surface area contributed by atoms with Crippen molar-refractivity contribution in [3.63, 3.8) is 0 Å². The molecule has 0 unspecified atom stereocenters. The molecule has 0 aliphatic rings. The summed E-state index contributed by atoms with van der Waals surface area (Å²) in [5.74, 6) is 0.752. The van der Waals surface area contributed by atoms with Gasteiger partial charge in [-0.15, -0.1) is 0 Å². The van der Waals surface area contributed by atoms with Crippen LogP contribution in [0.2, 0.25) is 0 Å². The van der Waals surface area contributed by atoms with E-state index in [0.717, 1.165) is 24.0 Å². The number of hydrogen-bond donors (Lipinski definition) is 0. The highest BCUT2D eigenvalue weighted by Crippen LogP contribution is 2.23. The fourth-order valence-corrected chi connectivity index (χ4v) is 1.36. The zero-order chi connectivity index (χ0) is 12.9. The highest BCUT2D eigenvalue weighted by atomic mass is 16.5. The second-order valence-electron chi connectivity index (χ2n) is 4.59. The second-order valence-corrected chi connectivity index (χ2v) is 4.59. The van der Waals surface area contributed by atoms with E-state index in [2.05, 4.69) is 6.92 Å². The van der Waals surface area contributed by atoms with E-state index in [-0.39, 0.29) is 5.60 Å². The minimum Gasteiger partial charge on any atom is -0.496 e. The third kappa shape index (κ3) is 3.86. The van der Waals surface area contributed by atoms with Gasteiger partial charge in [-0.25, -0.2) is 0 Å². The molecule has 0 amide bonds. The normalized spacial score (nSPS) is 11.3. The average Bonchev–Trinajstić information content (AvgIpc) is 2.36. The number of rotatable bonds is 6. The Kier molecular flexibility index (Phi) is 4.70. The molecule has 0 heterocycles. The topological polar surface area (TPSA) is 35.5 Å². The summed E-state index contributed by atoms with van der Waals surface area (Å²) < 4.78 is 11.1. The van der Waals surface area contributed by atoms with Gasteiger partial charge >= 0.3 is 0 Å². The van der Waals surface area contributed by atoms with Crippen LogP contribution in [0, 0.1) is 0 Å². The van der Waals surface area contributed by atoms with Gasteiger partial charge in [0.2, 0.25) is 0 Å². The Morgan fingerprint density at radius 3 is 2.59 bits per heavy atom. The van der Waals surface area contributed by atoms with E-state index in [0.29, 0.717) is 12.2 Å². The van der Waals surface area contributed by atoms with E-state index in [1.807, 2.05) is 13.8 Å². The highest BCUT2D eigenvalue weighted by molar-refractivity contribution is 5.75. The smallest absolute Gasteiger partial charge is 0.150 e. The molecule has 0 atom stereocenters. The first kappa shape index (κ1) is 13.7. The van der Waals surface area contributed by atoms with Crippen molar-refractivity contribution in [2.45, 2.75) is 39.4 Å². The van der Waals surface area contributed by atoms with Crippen molar-refractivity contribution in [2.24, 2.45) is 0 Å². The Labute approximate surface area is 103 Å².